The fraction of sp³-hybridized carbons (Fsp3) is 0.357. The molecule has 1 heterocycles. The number of halogens is 2. The van der Waals surface area contributed by atoms with Crippen LogP contribution in [0.5, 0.6) is 11.5 Å². The number of aryl methyl sites for hydroxylation is 1. The monoisotopic (exact) mass is 297 g/mol. The molecule has 2 rings (SSSR count). The van der Waals surface area contributed by atoms with Gasteiger partial charge in [-0.1, -0.05) is 12.1 Å². The van der Waals surface area contributed by atoms with Gasteiger partial charge in [-0.25, -0.2) is 0 Å². The lowest BCUT2D eigenvalue weighted by atomic mass is 10.0. The molecule has 1 aromatic heterocycles. The Labute approximate surface area is 121 Å². The van der Waals surface area contributed by atoms with Gasteiger partial charge in [0.25, 0.3) is 0 Å². The van der Waals surface area contributed by atoms with Gasteiger partial charge in [0.2, 0.25) is 0 Å². The fourth-order valence-corrected chi connectivity index (χ4v) is 2.22. The van der Waals surface area contributed by atoms with Gasteiger partial charge in [0.1, 0.15) is 11.4 Å². The smallest absolute Gasteiger partial charge is 0.387 e. The summed E-state index contributed by atoms with van der Waals surface area (Å²) in [4.78, 5) is 0. The van der Waals surface area contributed by atoms with Crippen LogP contribution < -0.4 is 14.8 Å². The summed E-state index contributed by atoms with van der Waals surface area (Å²) in [5, 5.41) is 7.33. The second kappa shape index (κ2) is 6.53. The lowest BCUT2D eigenvalue weighted by molar-refractivity contribution is -0.0498. The van der Waals surface area contributed by atoms with Crippen molar-refractivity contribution in [2.45, 2.75) is 12.7 Å². The van der Waals surface area contributed by atoms with Crippen molar-refractivity contribution in [1.29, 1.82) is 0 Å². The molecule has 1 atom stereocenters. The molecule has 0 aliphatic heterocycles. The molecule has 0 fully saturated rings. The van der Waals surface area contributed by atoms with Gasteiger partial charge < -0.3 is 14.8 Å². The molecule has 21 heavy (non-hydrogen) atoms. The van der Waals surface area contributed by atoms with E-state index in [0.29, 0.717) is 5.75 Å². The molecule has 0 aliphatic carbocycles. The molecule has 5 nitrogen and oxygen atoms in total. The molecule has 7 heteroatoms. The number of nitrogens with zero attached hydrogens (tertiary/aromatic N) is 2. The number of hydrogen-bond acceptors (Lipinski definition) is 4. The van der Waals surface area contributed by atoms with E-state index in [9.17, 15) is 8.78 Å². The van der Waals surface area contributed by atoms with Crippen LogP contribution in [0.15, 0.2) is 30.5 Å². The Hall–Kier alpha value is -2.15. The zero-order valence-electron chi connectivity index (χ0n) is 12.0. The van der Waals surface area contributed by atoms with Crippen molar-refractivity contribution in [3.63, 3.8) is 0 Å². The van der Waals surface area contributed by atoms with Gasteiger partial charge in [-0.2, -0.15) is 13.9 Å². The molecule has 0 amide bonds. The molecular weight excluding hydrogens is 280 g/mol. The van der Waals surface area contributed by atoms with Crippen LogP contribution in [0.2, 0.25) is 0 Å². The summed E-state index contributed by atoms with van der Waals surface area (Å²) in [6.07, 6.45) is 1.63. The van der Waals surface area contributed by atoms with Crippen molar-refractivity contribution in [2.24, 2.45) is 7.05 Å². The number of ether oxygens (including phenoxy) is 2. The Bertz CT molecular complexity index is 584. The van der Waals surface area contributed by atoms with Gasteiger partial charge in [0, 0.05) is 7.05 Å². The van der Waals surface area contributed by atoms with E-state index in [2.05, 4.69) is 15.2 Å². The van der Waals surface area contributed by atoms with Crippen molar-refractivity contribution in [3.05, 3.63) is 41.7 Å². The molecule has 0 saturated carbocycles. The Balaban J connectivity index is 2.31. The van der Waals surface area contributed by atoms with Crippen LogP contribution in [0.25, 0.3) is 0 Å². The van der Waals surface area contributed by atoms with Crippen LogP contribution in [0.1, 0.15) is 17.3 Å². The highest BCUT2D eigenvalue weighted by atomic mass is 19.3. The van der Waals surface area contributed by atoms with Crippen LogP contribution in [0.3, 0.4) is 0 Å². The fourth-order valence-electron chi connectivity index (χ4n) is 2.22. The quantitative estimate of drug-likeness (QED) is 0.889. The second-order valence-electron chi connectivity index (χ2n) is 4.39. The highest BCUT2D eigenvalue weighted by Crippen LogP contribution is 2.30. The number of rotatable bonds is 6. The van der Waals surface area contributed by atoms with Gasteiger partial charge in [0.05, 0.1) is 19.3 Å². The molecule has 0 radical (unpaired) electrons. The van der Waals surface area contributed by atoms with Gasteiger partial charge in [-0.3, -0.25) is 4.68 Å². The summed E-state index contributed by atoms with van der Waals surface area (Å²) >= 11 is 0. The minimum atomic E-state index is -2.83. The first-order chi connectivity index (χ1) is 10.1. The van der Waals surface area contributed by atoms with Crippen LogP contribution >= 0.6 is 0 Å². The van der Waals surface area contributed by atoms with E-state index in [1.165, 1.54) is 12.1 Å². The maximum atomic E-state index is 12.2. The van der Waals surface area contributed by atoms with E-state index in [1.807, 2.05) is 7.05 Å². The molecule has 0 spiro atoms. The average molecular weight is 297 g/mol. The zero-order chi connectivity index (χ0) is 15.4. The second-order valence-corrected chi connectivity index (χ2v) is 4.39. The summed E-state index contributed by atoms with van der Waals surface area (Å²) in [6, 6.07) is 6.30. The molecule has 0 saturated heterocycles. The van der Waals surface area contributed by atoms with Crippen LogP contribution in [0, 0.1) is 0 Å². The van der Waals surface area contributed by atoms with E-state index in [-0.39, 0.29) is 11.8 Å². The number of hydrogen-bond donors (Lipinski definition) is 1. The molecule has 1 N–H and O–H groups in total. The lowest BCUT2D eigenvalue weighted by Crippen LogP contribution is -2.21. The molecule has 0 bridgehead atoms. The van der Waals surface area contributed by atoms with Gasteiger partial charge in [-0.05, 0) is 24.7 Å². The normalized spacial score (nSPS) is 12.5. The van der Waals surface area contributed by atoms with E-state index < -0.39 is 6.61 Å². The number of alkyl halides is 2. The third-order valence-electron chi connectivity index (χ3n) is 3.17. The molecule has 0 aliphatic rings. The summed E-state index contributed by atoms with van der Waals surface area (Å²) < 4.78 is 35.7. The summed E-state index contributed by atoms with van der Waals surface area (Å²) in [6.45, 7) is -2.83. The minimum absolute atomic E-state index is 0.126. The van der Waals surface area contributed by atoms with Gasteiger partial charge in [-0.15, -0.1) is 0 Å². The first-order valence-corrected chi connectivity index (χ1v) is 6.34. The number of benzene rings is 1. The van der Waals surface area contributed by atoms with Crippen LogP contribution in [-0.4, -0.2) is 30.5 Å². The molecule has 1 aromatic carbocycles. The third kappa shape index (κ3) is 3.30. The number of aromatic nitrogens is 2. The van der Waals surface area contributed by atoms with Crippen LogP contribution in [-0.2, 0) is 7.05 Å². The van der Waals surface area contributed by atoms with E-state index in [4.69, 9.17) is 4.74 Å². The molecule has 114 valence electrons. The Kier molecular flexibility index (Phi) is 4.74. The van der Waals surface area contributed by atoms with Gasteiger partial charge >= 0.3 is 6.61 Å². The predicted octanol–water partition coefficient (Wildman–Crippen LogP) is 2.34. The van der Waals surface area contributed by atoms with Gasteiger partial charge in [0.15, 0.2) is 5.75 Å². The summed E-state index contributed by atoms with van der Waals surface area (Å²) in [5.41, 5.74) is 1.74. The largest absolute Gasteiger partial charge is 0.493 e. The van der Waals surface area contributed by atoms with E-state index in [0.717, 1.165) is 11.3 Å². The highest BCUT2D eigenvalue weighted by Gasteiger charge is 2.21. The zero-order valence-corrected chi connectivity index (χ0v) is 12.0. The van der Waals surface area contributed by atoms with Crippen LogP contribution in [0.4, 0.5) is 8.78 Å². The Morgan fingerprint density at radius 2 is 1.90 bits per heavy atom. The standard InChI is InChI=1S/C14H17F2N3O2/c1-17-12(13-11(20-3)8-18-19(13)2)9-4-6-10(7-5-9)21-14(15)16/h4-8,12,14,17H,1-3H3. The van der Waals surface area contributed by atoms with Crippen molar-refractivity contribution in [3.8, 4) is 11.5 Å². The topological polar surface area (TPSA) is 48.3 Å². The maximum absolute atomic E-state index is 12.2. The maximum Gasteiger partial charge on any atom is 0.387 e. The first-order valence-electron chi connectivity index (χ1n) is 6.34. The summed E-state index contributed by atoms with van der Waals surface area (Å²) in [7, 11) is 5.20. The lowest BCUT2D eigenvalue weighted by Gasteiger charge is -2.18. The molecule has 2 aromatic rings. The van der Waals surface area contributed by atoms with Crippen molar-refractivity contribution in [1.82, 2.24) is 15.1 Å². The number of methoxy groups -OCH3 is 1. The van der Waals surface area contributed by atoms with Crippen molar-refractivity contribution < 1.29 is 18.3 Å². The average Bonchev–Trinajstić information content (AvgIpc) is 2.82. The van der Waals surface area contributed by atoms with E-state index in [1.54, 1.807) is 37.2 Å². The Morgan fingerprint density at radius 3 is 2.43 bits per heavy atom. The highest BCUT2D eigenvalue weighted by molar-refractivity contribution is 5.38. The predicted molar refractivity (Wildman–Crippen MR) is 73.7 cm³/mol. The third-order valence-corrected chi connectivity index (χ3v) is 3.17. The molecular formula is C14H17F2N3O2. The molecule has 1 unspecified atom stereocenters. The van der Waals surface area contributed by atoms with E-state index >= 15 is 0 Å². The first kappa shape index (κ1) is 15.2. The number of nitrogens with one attached hydrogen (secondary N) is 1. The van der Waals surface area contributed by atoms with Crippen molar-refractivity contribution in [2.75, 3.05) is 14.2 Å². The minimum Gasteiger partial charge on any atom is -0.493 e. The Morgan fingerprint density at radius 1 is 1.24 bits per heavy atom. The summed E-state index contributed by atoms with van der Waals surface area (Å²) in [5.74, 6) is 0.783. The van der Waals surface area contributed by atoms with Crippen molar-refractivity contribution >= 4 is 0 Å². The SMILES string of the molecule is CNC(c1ccc(OC(F)F)cc1)c1c(OC)cnn1C.